The first kappa shape index (κ1) is 18.9. The van der Waals surface area contributed by atoms with Gasteiger partial charge in [-0.1, -0.05) is 36.4 Å². The Morgan fingerprint density at radius 2 is 1.97 bits per heavy atom. The Morgan fingerprint density at radius 1 is 1.17 bits per heavy atom. The third-order valence-electron chi connectivity index (χ3n) is 5.00. The van der Waals surface area contributed by atoms with Crippen molar-refractivity contribution >= 4 is 11.8 Å². The third-order valence-corrected chi connectivity index (χ3v) is 5.00. The van der Waals surface area contributed by atoms with Crippen LogP contribution in [0.5, 0.6) is 0 Å². The molecule has 0 unspecified atom stereocenters. The fraction of sp³-hybridized carbons (Fsp3) is 0.227. The summed E-state index contributed by atoms with van der Waals surface area (Å²) in [6.45, 7) is 3.60. The standard InChI is InChI=1S/C22H21FN4O2/c1-15-7-8-17(11-19(15)23)21(28)24-12-18-14-26-9-10-27(22(29)20(26)25-18)13-16-5-3-2-4-6-16/h2-8,11,14H,9-10,12-13H2,1H3,(H,24,28). The molecule has 148 valence electrons. The highest BCUT2D eigenvalue weighted by atomic mass is 19.1. The minimum absolute atomic E-state index is 0.127. The summed E-state index contributed by atoms with van der Waals surface area (Å²) < 4.78 is 15.5. The van der Waals surface area contributed by atoms with Crippen molar-refractivity contribution in [3.05, 3.63) is 88.8 Å². The van der Waals surface area contributed by atoms with Gasteiger partial charge in [0.15, 0.2) is 5.82 Å². The van der Waals surface area contributed by atoms with Gasteiger partial charge < -0.3 is 14.8 Å². The number of halogens is 1. The zero-order valence-electron chi connectivity index (χ0n) is 16.1. The first-order chi connectivity index (χ1) is 14.0. The van der Waals surface area contributed by atoms with Crippen molar-refractivity contribution in [2.45, 2.75) is 26.6 Å². The van der Waals surface area contributed by atoms with Crippen molar-refractivity contribution in [3.63, 3.8) is 0 Å². The van der Waals surface area contributed by atoms with Crippen molar-refractivity contribution < 1.29 is 14.0 Å². The van der Waals surface area contributed by atoms with E-state index in [0.29, 0.717) is 36.7 Å². The second-order valence-corrected chi connectivity index (χ2v) is 7.11. The summed E-state index contributed by atoms with van der Waals surface area (Å²) in [5.41, 5.74) is 2.40. The fourth-order valence-corrected chi connectivity index (χ4v) is 3.33. The molecule has 0 spiro atoms. The summed E-state index contributed by atoms with van der Waals surface area (Å²) >= 11 is 0. The molecular formula is C22H21FN4O2. The summed E-state index contributed by atoms with van der Waals surface area (Å²) in [7, 11) is 0. The van der Waals surface area contributed by atoms with Crippen molar-refractivity contribution in [3.8, 4) is 0 Å². The number of fused-ring (bicyclic) bond motifs is 1. The van der Waals surface area contributed by atoms with E-state index < -0.39 is 5.82 Å². The van der Waals surface area contributed by atoms with Gasteiger partial charge in [0.1, 0.15) is 5.82 Å². The van der Waals surface area contributed by atoms with Gasteiger partial charge in [0, 0.05) is 31.4 Å². The van der Waals surface area contributed by atoms with Crippen LogP contribution in [0.2, 0.25) is 0 Å². The van der Waals surface area contributed by atoms with Gasteiger partial charge >= 0.3 is 0 Å². The lowest BCUT2D eigenvalue weighted by molar-refractivity contribution is 0.0683. The lowest BCUT2D eigenvalue weighted by Gasteiger charge is -2.27. The number of benzene rings is 2. The van der Waals surface area contributed by atoms with Gasteiger partial charge in [-0.15, -0.1) is 0 Å². The van der Waals surface area contributed by atoms with Crippen LogP contribution >= 0.6 is 0 Å². The minimum atomic E-state index is -0.417. The van der Waals surface area contributed by atoms with Gasteiger partial charge in [0.2, 0.25) is 0 Å². The number of hydrogen-bond acceptors (Lipinski definition) is 3. The van der Waals surface area contributed by atoms with E-state index in [-0.39, 0.29) is 23.9 Å². The number of aryl methyl sites for hydroxylation is 1. The third kappa shape index (κ3) is 4.03. The molecule has 0 bridgehead atoms. The fourth-order valence-electron chi connectivity index (χ4n) is 3.33. The van der Waals surface area contributed by atoms with Gasteiger partial charge in [-0.05, 0) is 30.2 Å². The van der Waals surface area contributed by atoms with E-state index in [1.54, 1.807) is 30.2 Å². The summed E-state index contributed by atoms with van der Waals surface area (Å²) in [6, 6.07) is 14.2. The van der Waals surface area contributed by atoms with Crippen molar-refractivity contribution in [2.24, 2.45) is 0 Å². The Labute approximate surface area is 168 Å². The maximum Gasteiger partial charge on any atom is 0.290 e. The molecule has 0 saturated heterocycles. The summed E-state index contributed by atoms with van der Waals surface area (Å²) in [5.74, 6) is -0.554. The number of carbonyl (C=O) groups is 2. The molecule has 6 nitrogen and oxygen atoms in total. The first-order valence-corrected chi connectivity index (χ1v) is 9.45. The molecular weight excluding hydrogens is 371 g/mol. The number of nitrogens with one attached hydrogen (secondary N) is 1. The van der Waals surface area contributed by atoms with E-state index in [9.17, 15) is 14.0 Å². The maximum absolute atomic E-state index is 13.7. The summed E-state index contributed by atoms with van der Waals surface area (Å²) in [6.07, 6.45) is 1.78. The number of nitrogens with zero attached hydrogens (tertiary/aromatic N) is 3. The molecule has 2 heterocycles. The molecule has 29 heavy (non-hydrogen) atoms. The molecule has 1 aliphatic heterocycles. The highest BCUT2D eigenvalue weighted by Crippen LogP contribution is 2.16. The zero-order chi connectivity index (χ0) is 20.4. The molecule has 1 aromatic heterocycles. The van der Waals surface area contributed by atoms with E-state index in [1.165, 1.54) is 6.07 Å². The zero-order valence-corrected chi connectivity index (χ0v) is 16.1. The highest BCUT2D eigenvalue weighted by Gasteiger charge is 2.27. The second kappa shape index (κ2) is 7.87. The molecule has 7 heteroatoms. The predicted molar refractivity (Wildman–Crippen MR) is 106 cm³/mol. The van der Waals surface area contributed by atoms with E-state index >= 15 is 0 Å². The van der Waals surface area contributed by atoms with Gasteiger partial charge in [-0.25, -0.2) is 9.37 Å². The first-order valence-electron chi connectivity index (χ1n) is 9.45. The van der Waals surface area contributed by atoms with Crippen LogP contribution < -0.4 is 5.32 Å². The topological polar surface area (TPSA) is 67.2 Å². The molecule has 4 rings (SSSR count). The molecule has 0 radical (unpaired) electrons. The van der Waals surface area contributed by atoms with Gasteiger partial charge in [0.05, 0.1) is 12.2 Å². The van der Waals surface area contributed by atoms with Crippen molar-refractivity contribution in [2.75, 3.05) is 6.54 Å². The Kier molecular flexibility index (Phi) is 5.12. The van der Waals surface area contributed by atoms with Gasteiger partial charge in [-0.2, -0.15) is 0 Å². The van der Waals surface area contributed by atoms with Crippen LogP contribution in [0.3, 0.4) is 0 Å². The highest BCUT2D eigenvalue weighted by molar-refractivity contribution is 5.94. The van der Waals surface area contributed by atoms with Crippen LogP contribution in [0.25, 0.3) is 0 Å². The SMILES string of the molecule is Cc1ccc(C(=O)NCc2cn3c(n2)C(=O)N(Cc2ccccc2)CC3)cc1F. The van der Waals surface area contributed by atoms with Crippen LogP contribution in [0.1, 0.15) is 37.8 Å². The van der Waals surface area contributed by atoms with E-state index in [1.807, 2.05) is 34.9 Å². The number of rotatable bonds is 5. The summed E-state index contributed by atoms with van der Waals surface area (Å²) in [5, 5.41) is 2.73. The minimum Gasteiger partial charge on any atom is -0.346 e. The lowest BCUT2D eigenvalue weighted by atomic mass is 10.1. The molecule has 0 atom stereocenters. The summed E-state index contributed by atoms with van der Waals surface area (Å²) in [4.78, 5) is 31.2. The van der Waals surface area contributed by atoms with E-state index in [2.05, 4.69) is 10.3 Å². The quantitative estimate of drug-likeness (QED) is 0.726. The number of hydrogen-bond donors (Lipinski definition) is 1. The number of carbonyl (C=O) groups excluding carboxylic acids is 2. The van der Waals surface area contributed by atoms with E-state index in [0.717, 1.165) is 5.56 Å². The smallest absolute Gasteiger partial charge is 0.290 e. The molecule has 0 fully saturated rings. The molecule has 0 saturated carbocycles. The molecule has 0 aliphatic carbocycles. The maximum atomic E-state index is 13.7. The Balaban J connectivity index is 1.42. The van der Waals surface area contributed by atoms with Crippen LogP contribution in [-0.4, -0.2) is 32.8 Å². The molecule has 1 N–H and O–H groups in total. The molecule has 2 amide bonds. The molecule has 1 aliphatic rings. The Bertz CT molecular complexity index is 1060. The van der Waals surface area contributed by atoms with Crippen molar-refractivity contribution in [1.29, 1.82) is 0 Å². The predicted octanol–water partition coefficient (Wildman–Crippen LogP) is 2.92. The van der Waals surface area contributed by atoms with E-state index in [4.69, 9.17) is 0 Å². The Morgan fingerprint density at radius 3 is 2.72 bits per heavy atom. The van der Waals surface area contributed by atoms with Gasteiger partial charge in [0.25, 0.3) is 11.8 Å². The second-order valence-electron chi connectivity index (χ2n) is 7.11. The lowest BCUT2D eigenvalue weighted by Crippen LogP contribution is -2.39. The van der Waals surface area contributed by atoms with Crippen molar-refractivity contribution in [1.82, 2.24) is 19.8 Å². The van der Waals surface area contributed by atoms with Crippen LogP contribution in [0.15, 0.2) is 54.7 Å². The Hall–Kier alpha value is -3.48. The number of amides is 2. The van der Waals surface area contributed by atoms with Gasteiger partial charge in [-0.3, -0.25) is 9.59 Å². The normalized spacial score (nSPS) is 13.3. The van der Waals surface area contributed by atoms with Crippen LogP contribution in [-0.2, 0) is 19.6 Å². The average Bonchev–Trinajstić information content (AvgIpc) is 3.15. The van der Waals surface area contributed by atoms with Crippen LogP contribution in [0.4, 0.5) is 4.39 Å². The molecule has 3 aromatic rings. The number of aromatic nitrogens is 2. The average molecular weight is 392 g/mol. The monoisotopic (exact) mass is 392 g/mol. The molecule has 2 aromatic carbocycles. The number of imidazole rings is 1. The largest absolute Gasteiger partial charge is 0.346 e. The van der Waals surface area contributed by atoms with Crippen LogP contribution in [0, 0.1) is 12.7 Å².